The Labute approximate surface area is 195 Å². The monoisotopic (exact) mass is 491 g/mol. The maximum Gasteiger partial charge on any atom is 0.255 e. The van der Waals surface area contributed by atoms with Crippen LogP contribution in [0.1, 0.15) is 10.4 Å². The number of hydrogen-bond acceptors (Lipinski definition) is 4. The van der Waals surface area contributed by atoms with Crippen LogP contribution in [0.5, 0.6) is 0 Å². The zero-order chi connectivity index (χ0) is 23.6. The Kier molecular flexibility index (Phi) is 6.64. The summed E-state index contributed by atoms with van der Waals surface area (Å²) in [6, 6.07) is 15.7. The van der Waals surface area contributed by atoms with Crippen molar-refractivity contribution in [1.82, 2.24) is 4.31 Å². The second-order valence-corrected chi connectivity index (χ2v) is 9.76. The molecule has 0 spiro atoms. The number of rotatable bonds is 5. The fourth-order valence-corrected chi connectivity index (χ4v) is 5.27. The third kappa shape index (κ3) is 5.00. The Bertz CT molecular complexity index is 1280. The van der Waals surface area contributed by atoms with E-state index in [1.54, 1.807) is 36.4 Å². The van der Waals surface area contributed by atoms with Crippen LogP contribution >= 0.6 is 11.6 Å². The highest BCUT2D eigenvalue weighted by Gasteiger charge is 2.31. The average Bonchev–Trinajstić information content (AvgIpc) is 2.81. The number of amides is 1. The Morgan fingerprint density at radius 3 is 2.24 bits per heavy atom. The zero-order valence-corrected chi connectivity index (χ0v) is 18.9. The van der Waals surface area contributed by atoms with E-state index < -0.39 is 26.6 Å². The van der Waals surface area contributed by atoms with E-state index >= 15 is 0 Å². The first kappa shape index (κ1) is 23.2. The van der Waals surface area contributed by atoms with Crippen LogP contribution in [0.2, 0.25) is 5.02 Å². The van der Waals surface area contributed by atoms with Crippen molar-refractivity contribution in [2.45, 2.75) is 4.90 Å². The summed E-state index contributed by atoms with van der Waals surface area (Å²) in [7, 11) is -4.18. The zero-order valence-electron chi connectivity index (χ0n) is 17.3. The number of sulfonamides is 1. The third-order valence-corrected chi connectivity index (χ3v) is 7.61. The van der Waals surface area contributed by atoms with E-state index in [0.29, 0.717) is 23.8 Å². The van der Waals surface area contributed by atoms with Gasteiger partial charge in [0.05, 0.1) is 10.7 Å². The molecule has 6 nitrogen and oxygen atoms in total. The van der Waals surface area contributed by atoms with E-state index in [2.05, 4.69) is 5.32 Å². The van der Waals surface area contributed by atoms with Crippen LogP contribution in [0.3, 0.4) is 0 Å². The first-order chi connectivity index (χ1) is 15.8. The van der Waals surface area contributed by atoms with E-state index in [0.717, 1.165) is 17.8 Å². The predicted molar refractivity (Wildman–Crippen MR) is 123 cm³/mol. The molecule has 0 bridgehead atoms. The van der Waals surface area contributed by atoms with Gasteiger partial charge in [0, 0.05) is 37.4 Å². The van der Waals surface area contributed by atoms with E-state index in [4.69, 9.17) is 11.6 Å². The van der Waals surface area contributed by atoms with Gasteiger partial charge >= 0.3 is 0 Å². The lowest BCUT2D eigenvalue weighted by Gasteiger charge is -2.35. The molecule has 0 aliphatic carbocycles. The Hall–Kier alpha value is -3.01. The van der Waals surface area contributed by atoms with Gasteiger partial charge in [0.15, 0.2) is 0 Å². The van der Waals surface area contributed by atoms with Crippen LogP contribution in [0.25, 0.3) is 0 Å². The van der Waals surface area contributed by atoms with Gasteiger partial charge in [-0.1, -0.05) is 23.7 Å². The lowest BCUT2D eigenvalue weighted by Crippen LogP contribution is -2.48. The molecule has 172 valence electrons. The minimum atomic E-state index is -4.18. The molecule has 1 saturated heterocycles. The van der Waals surface area contributed by atoms with Gasteiger partial charge in [-0.15, -0.1) is 0 Å². The van der Waals surface area contributed by atoms with Crippen molar-refractivity contribution in [2.75, 3.05) is 36.4 Å². The maximum absolute atomic E-state index is 14.5. The molecule has 0 saturated carbocycles. The molecule has 3 aromatic rings. The highest BCUT2D eigenvalue weighted by Crippen LogP contribution is 2.26. The second-order valence-electron chi connectivity index (χ2n) is 7.45. The van der Waals surface area contributed by atoms with Crippen molar-refractivity contribution in [3.05, 3.63) is 89.0 Å². The van der Waals surface area contributed by atoms with Crippen LogP contribution in [0.4, 0.5) is 20.2 Å². The number of hydrogen-bond donors (Lipinski definition) is 1. The largest absolute Gasteiger partial charge is 0.369 e. The standard InChI is InChI=1S/C23H20ClF2N3O3S/c24-19-3-1-2-4-21(19)27-23(30)16-5-10-20(26)22(15-16)33(31,32)29-13-11-28(12-14-29)18-8-6-17(25)7-9-18/h1-10,15H,11-14H2,(H,27,30). The first-order valence-electron chi connectivity index (χ1n) is 10.1. The van der Waals surface area contributed by atoms with Gasteiger partial charge in [0.1, 0.15) is 16.5 Å². The van der Waals surface area contributed by atoms with Gasteiger partial charge in [0.2, 0.25) is 10.0 Å². The number of carbonyl (C=O) groups excluding carboxylic acids is 1. The smallest absolute Gasteiger partial charge is 0.255 e. The number of para-hydroxylation sites is 1. The van der Waals surface area contributed by atoms with Crippen molar-refractivity contribution < 1.29 is 22.0 Å². The van der Waals surface area contributed by atoms with E-state index in [-0.39, 0.29) is 24.5 Å². The molecular formula is C23H20ClF2N3O3S. The molecule has 4 rings (SSSR count). The normalized spacial score (nSPS) is 14.8. The Balaban J connectivity index is 1.51. The molecule has 3 aromatic carbocycles. The summed E-state index contributed by atoms with van der Waals surface area (Å²) < 4.78 is 55.2. The summed E-state index contributed by atoms with van der Waals surface area (Å²) >= 11 is 6.05. The van der Waals surface area contributed by atoms with E-state index in [1.807, 2.05) is 4.90 Å². The number of nitrogens with zero attached hydrogens (tertiary/aromatic N) is 2. The van der Waals surface area contributed by atoms with Crippen LogP contribution < -0.4 is 10.2 Å². The quantitative estimate of drug-likeness (QED) is 0.575. The van der Waals surface area contributed by atoms with Crippen molar-refractivity contribution >= 4 is 38.9 Å². The molecule has 1 heterocycles. The highest BCUT2D eigenvalue weighted by atomic mass is 35.5. The number of carbonyl (C=O) groups is 1. The summed E-state index contributed by atoms with van der Waals surface area (Å²) in [5, 5.41) is 2.92. The van der Waals surface area contributed by atoms with Crippen LogP contribution in [-0.2, 0) is 10.0 Å². The summed E-state index contributed by atoms with van der Waals surface area (Å²) in [6.45, 7) is 0.961. The van der Waals surface area contributed by atoms with Crippen molar-refractivity contribution in [3.8, 4) is 0 Å². The topological polar surface area (TPSA) is 69.7 Å². The molecule has 1 fully saturated rings. The molecule has 0 radical (unpaired) electrons. The molecule has 1 amide bonds. The number of halogens is 3. The van der Waals surface area contributed by atoms with E-state index in [9.17, 15) is 22.0 Å². The minimum absolute atomic E-state index is 0.0140. The summed E-state index contributed by atoms with van der Waals surface area (Å²) in [5.74, 6) is -1.90. The van der Waals surface area contributed by atoms with Crippen molar-refractivity contribution in [1.29, 1.82) is 0 Å². The highest BCUT2D eigenvalue weighted by molar-refractivity contribution is 7.89. The molecule has 0 aromatic heterocycles. The van der Waals surface area contributed by atoms with Crippen molar-refractivity contribution in [3.63, 3.8) is 0 Å². The Morgan fingerprint density at radius 2 is 1.58 bits per heavy atom. The number of anilines is 2. The SMILES string of the molecule is O=C(Nc1ccccc1Cl)c1ccc(F)c(S(=O)(=O)N2CCN(c3ccc(F)cc3)CC2)c1. The van der Waals surface area contributed by atoms with Crippen LogP contribution in [0, 0.1) is 11.6 Å². The van der Waals surface area contributed by atoms with Gasteiger partial charge in [-0.3, -0.25) is 4.79 Å². The lowest BCUT2D eigenvalue weighted by atomic mass is 10.2. The molecule has 33 heavy (non-hydrogen) atoms. The van der Waals surface area contributed by atoms with E-state index in [1.165, 1.54) is 22.5 Å². The first-order valence-corrected chi connectivity index (χ1v) is 11.9. The number of piperazine rings is 1. The fourth-order valence-electron chi connectivity index (χ4n) is 3.58. The molecular weight excluding hydrogens is 472 g/mol. The summed E-state index contributed by atoms with van der Waals surface area (Å²) in [5.41, 5.74) is 1.12. The molecule has 0 unspecified atom stereocenters. The summed E-state index contributed by atoms with van der Waals surface area (Å²) in [6.07, 6.45) is 0. The van der Waals surface area contributed by atoms with Gasteiger partial charge in [-0.05, 0) is 54.6 Å². The molecule has 10 heteroatoms. The third-order valence-electron chi connectivity index (χ3n) is 5.36. The average molecular weight is 492 g/mol. The van der Waals surface area contributed by atoms with Gasteiger partial charge in [-0.25, -0.2) is 17.2 Å². The molecule has 1 aliphatic rings. The van der Waals surface area contributed by atoms with Crippen LogP contribution in [-0.4, -0.2) is 44.8 Å². The van der Waals surface area contributed by atoms with Gasteiger partial charge in [-0.2, -0.15) is 4.31 Å². The minimum Gasteiger partial charge on any atom is -0.369 e. The lowest BCUT2D eigenvalue weighted by molar-refractivity contribution is 0.102. The maximum atomic E-state index is 14.5. The molecule has 0 atom stereocenters. The van der Waals surface area contributed by atoms with Gasteiger partial charge in [0.25, 0.3) is 5.91 Å². The fraction of sp³-hybridized carbons (Fsp3) is 0.174. The van der Waals surface area contributed by atoms with Gasteiger partial charge < -0.3 is 10.2 Å². The van der Waals surface area contributed by atoms with Crippen molar-refractivity contribution in [2.24, 2.45) is 0 Å². The summed E-state index contributed by atoms with van der Waals surface area (Å²) in [4.78, 5) is 14.0. The predicted octanol–water partition coefficient (Wildman–Crippen LogP) is 4.38. The number of nitrogens with one attached hydrogen (secondary N) is 1. The Morgan fingerprint density at radius 1 is 0.909 bits per heavy atom. The van der Waals surface area contributed by atoms with Crippen LogP contribution in [0.15, 0.2) is 71.6 Å². The second kappa shape index (κ2) is 9.46. The molecule has 1 N–H and O–H groups in total. The molecule has 1 aliphatic heterocycles. The number of benzene rings is 3.